The second-order valence-electron chi connectivity index (χ2n) is 5.48. The molecule has 1 aliphatic rings. The molecule has 1 saturated heterocycles. The van der Waals surface area contributed by atoms with Crippen LogP contribution in [0.25, 0.3) is 11.2 Å². The normalized spacial score (nSPS) is 18.2. The summed E-state index contributed by atoms with van der Waals surface area (Å²) in [5.41, 5.74) is 3.25. The lowest BCUT2D eigenvalue weighted by atomic mass is 10.2. The van der Waals surface area contributed by atoms with Crippen LogP contribution in [0.2, 0.25) is 0 Å². The van der Waals surface area contributed by atoms with Crippen LogP contribution in [-0.2, 0) is 0 Å². The Morgan fingerprint density at radius 3 is 2.89 bits per heavy atom. The van der Waals surface area contributed by atoms with Crippen LogP contribution >= 0.6 is 12.2 Å². The molecular weight excluding hydrogens is 256 g/mol. The number of pyridine rings is 1. The van der Waals surface area contributed by atoms with Gasteiger partial charge in [0.15, 0.2) is 10.4 Å². The van der Waals surface area contributed by atoms with Crippen molar-refractivity contribution in [3.8, 4) is 0 Å². The number of hydrogen-bond acceptors (Lipinski definition) is 3. The molecule has 0 aromatic carbocycles. The smallest absolute Gasteiger partial charge is 0.179 e. The number of rotatable bonds is 3. The van der Waals surface area contributed by atoms with Gasteiger partial charge in [0.1, 0.15) is 0 Å². The van der Waals surface area contributed by atoms with Gasteiger partial charge in [-0.1, -0.05) is 0 Å². The van der Waals surface area contributed by atoms with Gasteiger partial charge in [0.25, 0.3) is 0 Å². The van der Waals surface area contributed by atoms with Gasteiger partial charge in [-0.15, -0.1) is 0 Å². The number of imidazole rings is 1. The van der Waals surface area contributed by atoms with Gasteiger partial charge >= 0.3 is 0 Å². The SMILES string of the molecule is Cc1ccnc2c1[nH]c(=S)n2C(C)CN1CCCC1. The minimum atomic E-state index is 0.355. The third-order valence-electron chi connectivity index (χ3n) is 3.98. The van der Waals surface area contributed by atoms with E-state index in [1.165, 1.54) is 31.5 Å². The first-order valence-electron chi connectivity index (χ1n) is 6.95. The molecule has 0 radical (unpaired) electrons. The molecule has 0 saturated carbocycles. The van der Waals surface area contributed by atoms with Crippen molar-refractivity contribution in [3.05, 3.63) is 22.6 Å². The molecule has 3 heterocycles. The lowest BCUT2D eigenvalue weighted by molar-refractivity contribution is 0.289. The van der Waals surface area contributed by atoms with Crippen LogP contribution < -0.4 is 0 Å². The Balaban J connectivity index is 1.97. The summed E-state index contributed by atoms with van der Waals surface area (Å²) in [6.07, 6.45) is 4.51. The zero-order valence-corrected chi connectivity index (χ0v) is 12.3. The molecule has 2 aromatic rings. The molecule has 0 amide bonds. The van der Waals surface area contributed by atoms with Crippen molar-refractivity contribution in [2.45, 2.75) is 32.7 Å². The van der Waals surface area contributed by atoms with E-state index in [0.717, 1.165) is 22.5 Å². The number of H-pyrrole nitrogens is 1. The summed E-state index contributed by atoms with van der Waals surface area (Å²) >= 11 is 5.48. The van der Waals surface area contributed by atoms with E-state index >= 15 is 0 Å². The van der Waals surface area contributed by atoms with E-state index in [2.05, 4.69) is 33.3 Å². The maximum atomic E-state index is 5.48. The van der Waals surface area contributed by atoms with Gasteiger partial charge in [0.05, 0.1) is 5.52 Å². The monoisotopic (exact) mass is 276 g/mol. The minimum absolute atomic E-state index is 0.355. The molecule has 19 heavy (non-hydrogen) atoms. The van der Waals surface area contributed by atoms with E-state index in [-0.39, 0.29) is 0 Å². The van der Waals surface area contributed by atoms with Crippen LogP contribution in [0, 0.1) is 11.7 Å². The third-order valence-corrected chi connectivity index (χ3v) is 4.28. The van der Waals surface area contributed by atoms with E-state index in [4.69, 9.17) is 12.2 Å². The zero-order chi connectivity index (χ0) is 13.4. The van der Waals surface area contributed by atoms with E-state index in [0.29, 0.717) is 6.04 Å². The summed E-state index contributed by atoms with van der Waals surface area (Å²) in [6, 6.07) is 2.37. The first kappa shape index (κ1) is 12.8. The van der Waals surface area contributed by atoms with Gasteiger partial charge < -0.3 is 9.88 Å². The quantitative estimate of drug-likeness (QED) is 0.875. The Labute approximate surface area is 118 Å². The van der Waals surface area contributed by atoms with Crippen LogP contribution in [0.4, 0.5) is 0 Å². The molecule has 0 spiro atoms. The van der Waals surface area contributed by atoms with Crippen molar-refractivity contribution in [2.75, 3.05) is 19.6 Å². The third kappa shape index (κ3) is 2.32. The second-order valence-corrected chi connectivity index (χ2v) is 5.87. The van der Waals surface area contributed by atoms with Gasteiger partial charge in [-0.25, -0.2) is 4.98 Å². The Morgan fingerprint density at radius 2 is 2.16 bits per heavy atom. The molecule has 102 valence electrons. The highest BCUT2D eigenvalue weighted by molar-refractivity contribution is 7.71. The number of fused-ring (bicyclic) bond motifs is 1. The second kappa shape index (κ2) is 5.06. The molecule has 1 N–H and O–H groups in total. The molecule has 5 heteroatoms. The first-order valence-corrected chi connectivity index (χ1v) is 7.36. The van der Waals surface area contributed by atoms with Crippen LogP contribution in [0.3, 0.4) is 0 Å². The van der Waals surface area contributed by atoms with Crippen molar-refractivity contribution in [2.24, 2.45) is 0 Å². The zero-order valence-electron chi connectivity index (χ0n) is 11.5. The van der Waals surface area contributed by atoms with Crippen LogP contribution in [-0.4, -0.2) is 39.1 Å². The molecule has 3 rings (SSSR count). The van der Waals surface area contributed by atoms with Gasteiger partial charge in [-0.05, 0) is 63.6 Å². The molecule has 1 atom stereocenters. The number of aromatic nitrogens is 3. The van der Waals surface area contributed by atoms with Crippen LogP contribution in [0.5, 0.6) is 0 Å². The number of aromatic amines is 1. The predicted molar refractivity (Wildman–Crippen MR) is 80.0 cm³/mol. The number of hydrogen-bond donors (Lipinski definition) is 1. The van der Waals surface area contributed by atoms with Gasteiger partial charge in [-0.3, -0.25) is 4.57 Å². The molecule has 2 aromatic heterocycles. The fraction of sp³-hybridized carbons (Fsp3) is 0.571. The summed E-state index contributed by atoms with van der Waals surface area (Å²) in [4.78, 5) is 10.3. The summed E-state index contributed by atoms with van der Waals surface area (Å²) in [6.45, 7) is 7.80. The highest BCUT2D eigenvalue weighted by Crippen LogP contribution is 2.21. The maximum Gasteiger partial charge on any atom is 0.179 e. The number of nitrogens with zero attached hydrogens (tertiary/aromatic N) is 3. The molecule has 0 aliphatic carbocycles. The van der Waals surface area contributed by atoms with Crippen LogP contribution in [0.15, 0.2) is 12.3 Å². The highest BCUT2D eigenvalue weighted by Gasteiger charge is 2.18. The Morgan fingerprint density at radius 1 is 1.42 bits per heavy atom. The lowest BCUT2D eigenvalue weighted by Gasteiger charge is -2.21. The lowest BCUT2D eigenvalue weighted by Crippen LogP contribution is -2.27. The van der Waals surface area contributed by atoms with Crippen molar-refractivity contribution in [3.63, 3.8) is 0 Å². The van der Waals surface area contributed by atoms with Crippen LogP contribution in [0.1, 0.15) is 31.4 Å². The fourth-order valence-electron chi connectivity index (χ4n) is 2.97. The van der Waals surface area contributed by atoms with Gasteiger partial charge in [0, 0.05) is 18.8 Å². The largest absolute Gasteiger partial charge is 0.329 e. The van der Waals surface area contributed by atoms with E-state index < -0.39 is 0 Å². The van der Waals surface area contributed by atoms with E-state index in [9.17, 15) is 0 Å². The first-order chi connectivity index (χ1) is 9.16. The highest BCUT2D eigenvalue weighted by atomic mass is 32.1. The summed E-state index contributed by atoms with van der Waals surface area (Å²) in [5, 5.41) is 0. The van der Waals surface area contributed by atoms with E-state index in [1.807, 2.05) is 12.3 Å². The fourth-order valence-corrected chi connectivity index (χ4v) is 3.34. The van der Waals surface area contributed by atoms with E-state index in [1.54, 1.807) is 0 Å². The molecule has 1 fully saturated rings. The molecule has 0 bridgehead atoms. The van der Waals surface area contributed by atoms with Gasteiger partial charge in [0.2, 0.25) is 0 Å². The molecule has 1 aliphatic heterocycles. The van der Waals surface area contributed by atoms with Crippen molar-refractivity contribution in [1.29, 1.82) is 0 Å². The summed E-state index contributed by atoms with van der Waals surface area (Å²) < 4.78 is 2.94. The van der Waals surface area contributed by atoms with Crippen molar-refractivity contribution < 1.29 is 0 Å². The molecular formula is C14H20N4S. The Hall–Kier alpha value is -1.20. The number of likely N-dealkylation sites (tertiary alicyclic amines) is 1. The Bertz CT molecular complexity index is 636. The summed E-state index contributed by atoms with van der Waals surface area (Å²) in [5.74, 6) is 0. The minimum Gasteiger partial charge on any atom is -0.329 e. The maximum absolute atomic E-state index is 5.48. The molecule has 4 nitrogen and oxygen atoms in total. The average Bonchev–Trinajstić information content (AvgIpc) is 2.96. The van der Waals surface area contributed by atoms with Crippen molar-refractivity contribution in [1.82, 2.24) is 19.4 Å². The Kier molecular flexibility index (Phi) is 3.41. The number of nitrogens with one attached hydrogen (secondary N) is 1. The van der Waals surface area contributed by atoms with Crippen molar-refractivity contribution >= 4 is 23.4 Å². The summed E-state index contributed by atoms with van der Waals surface area (Å²) in [7, 11) is 0. The average molecular weight is 276 g/mol. The standard InChI is InChI=1S/C14H20N4S/c1-10-5-6-15-13-12(10)16-14(19)18(13)11(2)9-17-7-3-4-8-17/h5-6,11H,3-4,7-9H2,1-2H3,(H,16,19). The number of aryl methyl sites for hydroxylation is 1. The van der Waals surface area contributed by atoms with Gasteiger partial charge in [-0.2, -0.15) is 0 Å². The topological polar surface area (TPSA) is 36.9 Å². The molecule has 1 unspecified atom stereocenters. The predicted octanol–water partition coefficient (Wildman–Crippen LogP) is 3.06.